The lowest BCUT2D eigenvalue weighted by Crippen LogP contribution is -2.26. The Morgan fingerprint density at radius 3 is 2.12 bits per heavy atom. The maximum atomic E-state index is 10.7. The van der Waals surface area contributed by atoms with Crippen LogP contribution in [0.25, 0.3) is 0 Å². The Bertz CT molecular complexity index is 363. The van der Waals surface area contributed by atoms with Gasteiger partial charge >= 0.3 is 5.97 Å². The fourth-order valence-electron chi connectivity index (χ4n) is 1.41. The molecule has 1 atom stereocenters. The summed E-state index contributed by atoms with van der Waals surface area (Å²) in [7, 11) is 0. The van der Waals surface area contributed by atoms with E-state index in [1.54, 1.807) is 12.1 Å². The number of esters is 1. The van der Waals surface area contributed by atoms with E-state index in [0.717, 1.165) is 5.56 Å². The molecule has 0 unspecified atom stereocenters. The number of nitrogens with two attached hydrogens (primary N) is 1. The van der Waals surface area contributed by atoms with E-state index in [1.165, 1.54) is 6.92 Å². The zero-order valence-electron chi connectivity index (χ0n) is 10.3. The molecule has 0 aliphatic heterocycles. The van der Waals surface area contributed by atoms with Crippen LogP contribution in [-0.4, -0.2) is 5.97 Å². The van der Waals surface area contributed by atoms with Crippen LogP contribution in [-0.2, 0) is 4.79 Å². The van der Waals surface area contributed by atoms with Gasteiger partial charge in [-0.3, -0.25) is 4.79 Å². The Morgan fingerprint density at radius 2 is 1.75 bits per heavy atom. The van der Waals surface area contributed by atoms with Crippen LogP contribution in [0.2, 0.25) is 0 Å². The van der Waals surface area contributed by atoms with Gasteiger partial charge in [-0.15, -0.1) is 0 Å². The minimum Gasteiger partial charge on any atom is -0.427 e. The third kappa shape index (κ3) is 3.35. The van der Waals surface area contributed by atoms with Gasteiger partial charge < -0.3 is 10.5 Å². The quantitative estimate of drug-likeness (QED) is 0.617. The van der Waals surface area contributed by atoms with Gasteiger partial charge in [0.05, 0.1) is 0 Å². The van der Waals surface area contributed by atoms with Crippen molar-refractivity contribution in [3.8, 4) is 5.75 Å². The summed E-state index contributed by atoms with van der Waals surface area (Å²) in [4.78, 5) is 10.7. The molecule has 3 nitrogen and oxygen atoms in total. The van der Waals surface area contributed by atoms with Gasteiger partial charge in [-0.1, -0.05) is 32.9 Å². The molecule has 2 N–H and O–H groups in total. The first-order valence-electron chi connectivity index (χ1n) is 5.34. The molecule has 1 rings (SSSR count). The molecule has 0 aromatic heterocycles. The highest BCUT2D eigenvalue weighted by Gasteiger charge is 2.21. The van der Waals surface area contributed by atoms with E-state index in [4.69, 9.17) is 10.5 Å². The minimum absolute atomic E-state index is 0.0168. The molecule has 1 aromatic carbocycles. The number of hydrogen-bond donors (Lipinski definition) is 1. The topological polar surface area (TPSA) is 52.3 Å². The van der Waals surface area contributed by atoms with Gasteiger partial charge in [0.15, 0.2) is 0 Å². The smallest absolute Gasteiger partial charge is 0.308 e. The van der Waals surface area contributed by atoms with Crippen molar-refractivity contribution in [3.63, 3.8) is 0 Å². The van der Waals surface area contributed by atoms with Crippen LogP contribution in [0.15, 0.2) is 24.3 Å². The zero-order valence-corrected chi connectivity index (χ0v) is 10.3. The maximum Gasteiger partial charge on any atom is 0.308 e. The lowest BCUT2D eigenvalue weighted by atomic mass is 9.83. The third-order valence-corrected chi connectivity index (χ3v) is 2.43. The van der Waals surface area contributed by atoms with Crippen molar-refractivity contribution in [3.05, 3.63) is 29.8 Å². The van der Waals surface area contributed by atoms with E-state index in [9.17, 15) is 4.79 Å². The van der Waals surface area contributed by atoms with Gasteiger partial charge in [0.2, 0.25) is 0 Å². The molecule has 16 heavy (non-hydrogen) atoms. The highest BCUT2D eigenvalue weighted by molar-refractivity contribution is 5.69. The molecule has 1 aromatic rings. The Labute approximate surface area is 96.6 Å². The molecule has 0 saturated heterocycles. The van der Waals surface area contributed by atoms with Crippen molar-refractivity contribution in [2.75, 3.05) is 0 Å². The van der Waals surface area contributed by atoms with E-state index in [0.29, 0.717) is 5.75 Å². The summed E-state index contributed by atoms with van der Waals surface area (Å²) in [5.41, 5.74) is 7.18. The number of carbonyl (C=O) groups is 1. The average Bonchev–Trinajstić information content (AvgIpc) is 2.15. The molecule has 0 radical (unpaired) electrons. The molecule has 88 valence electrons. The fourth-order valence-corrected chi connectivity index (χ4v) is 1.41. The fraction of sp³-hybridized carbons (Fsp3) is 0.462. The lowest BCUT2D eigenvalue weighted by Gasteiger charge is -2.27. The first-order valence-corrected chi connectivity index (χ1v) is 5.34. The molecule has 0 aliphatic rings. The predicted octanol–water partition coefficient (Wildman–Crippen LogP) is 2.66. The van der Waals surface area contributed by atoms with Crippen molar-refractivity contribution in [2.24, 2.45) is 11.1 Å². The zero-order chi connectivity index (χ0) is 12.3. The molecule has 0 amide bonds. The normalized spacial score (nSPS) is 13.3. The molecule has 0 spiro atoms. The molecule has 0 aliphatic carbocycles. The van der Waals surface area contributed by atoms with E-state index in [-0.39, 0.29) is 17.4 Å². The second kappa shape index (κ2) is 4.66. The predicted molar refractivity (Wildman–Crippen MR) is 64.1 cm³/mol. The third-order valence-electron chi connectivity index (χ3n) is 2.43. The Morgan fingerprint density at radius 1 is 1.25 bits per heavy atom. The van der Waals surface area contributed by atoms with E-state index in [1.807, 2.05) is 12.1 Å². The summed E-state index contributed by atoms with van der Waals surface area (Å²) in [6, 6.07) is 7.30. The number of ether oxygens (including phenoxy) is 1. The van der Waals surface area contributed by atoms with E-state index < -0.39 is 0 Å². The Hall–Kier alpha value is -1.35. The first-order chi connectivity index (χ1) is 7.30. The molecule has 0 heterocycles. The lowest BCUT2D eigenvalue weighted by molar-refractivity contribution is -0.131. The molecule has 0 saturated carbocycles. The summed E-state index contributed by atoms with van der Waals surface area (Å²) in [6.45, 7) is 7.67. The number of rotatable bonds is 2. The SMILES string of the molecule is CC(=O)Oc1ccc([C@H](N)C(C)(C)C)cc1. The Kier molecular flexibility index (Phi) is 3.70. The molecular weight excluding hydrogens is 202 g/mol. The van der Waals surface area contributed by atoms with Crippen molar-refractivity contribution in [2.45, 2.75) is 33.7 Å². The highest BCUT2D eigenvalue weighted by atomic mass is 16.5. The van der Waals surface area contributed by atoms with Crippen LogP contribution in [0.5, 0.6) is 5.75 Å². The minimum atomic E-state index is -0.312. The van der Waals surface area contributed by atoms with Crippen LogP contribution >= 0.6 is 0 Å². The first kappa shape index (κ1) is 12.7. The van der Waals surface area contributed by atoms with E-state index >= 15 is 0 Å². The second-order valence-corrected chi connectivity index (χ2v) is 5.01. The standard InChI is InChI=1S/C13H19NO2/c1-9(15)16-11-7-5-10(6-8-11)12(14)13(2,3)4/h5-8,12H,14H2,1-4H3/t12-/m0/s1. The van der Waals surface area contributed by atoms with Crippen LogP contribution in [0.1, 0.15) is 39.3 Å². The summed E-state index contributed by atoms with van der Waals surface area (Å²) < 4.78 is 4.95. The Balaban J connectivity index is 2.83. The van der Waals surface area contributed by atoms with Gasteiger partial charge in [-0.2, -0.15) is 0 Å². The van der Waals surface area contributed by atoms with Crippen molar-refractivity contribution >= 4 is 5.97 Å². The van der Waals surface area contributed by atoms with Crippen molar-refractivity contribution < 1.29 is 9.53 Å². The summed E-state index contributed by atoms with van der Waals surface area (Å²) in [5, 5.41) is 0. The van der Waals surface area contributed by atoms with Crippen molar-refractivity contribution in [1.29, 1.82) is 0 Å². The average molecular weight is 221 g/mol. The van der Waals surface area contributed by atoms with Gasteiger partial charge in [0, 0.05) is 13.0 Å². The summed E-state index contributed by atoms with van der Waals surface area (Å²) in [5.74, 6) is 0.241. The molecule has 0 fully saturated rings. The second-order valence-electron chi connectivity index (χ2n) is 5.01. The van der Waals surface area contributed by atoms with E-state index in [2.05, 4.69) is 20.8 Å². The van der Waals surface area contributed by atoms with Crippen LogP contribution in [0, 0.1) is 5.41 Å². The van der Waals surface area contributed by atoms with Crippen LogP contribution < -0.4 is 10.5 Å². The number of benzene rings is 1. The van der Waals surface area contributed by atoms with Gasteiger partial charge in [-0.25, -0.2) is 0 Å². The monoisotopic (exact) mass is 221 g/mol. The van der Waals surface area contributed by atoms with Gasteiger partial charge in [-0.05, 0) is 23.1 Å². The molecule has 3 heteroatoms. The highest BCUT2D eigenvalue weighted by Crippen LogP contribution is 2.31. The van der Waals surface area contributed by atoms with Crippen molar-refractivity contribution in [1.82, 2.24) is 0 Å². The van der Waals surface area contributed by atoms with Crippen LogP contribution in [0.3, 0.4) is 0 Å². The largest absolute Gasteiger partial charge is 0.427 e. The molecule has 0 bridgehead atoms. The van der Waals surface area contributed by atoms with Gasteiger partial charge in [0.25, 0.3) is 0 Å². The summed E-state index contributed by atoms with van der Waals surface area (Å²) >= 11 is 0. The number of hydrogen-bond acceptors (Lipinski definition) is 3. The van der Waals surface area contributed by atoms with Gasteiger partial charge in [0.1, 0.15) is 5.75 Å². The summed E-state index contributed by atoms with van der Waals surface area (Å²) in [6.07, 6.45) is 0. The molecular formula is C13H19NO2. The maximum absolute atomic E-state index is 10.7. The van der Waals surface area contributed by atoms with Crippen LogP contribution in [0.4, 0.5) is 0 Å². The number of carbonyl (C=O) groups excluding carboxylic acids is 1.